The van der Waals surface area contributed by atoms with Crippen molar-refractivity contribution in [1.82, 2.24) is 0 Å². The molecule has 0 bridgehead atoms. The maximum Gasteiger partial charge on any atom is 0.335 e. The highest BCUT2D eigenvalue weighted by molar-refractivity contribution is 6.01. The van der Waals surface area contributed by atoms with Crippen molar-refractivity contribution < 1.29 is 48.3 Å². The molecule has 7 rings (SSSR count). The number of carbonyl (C=O) groups is 3. The van der Waals surface area contributed by atoms with Crippen LogP contribution in [0.4, 0.5) is 4.39 Å². The molecule has 0 aromatic heterocycles. The minimum atomic E-state index is -1.62. The Kier molecular flexibility index (Phi) is 7.59. The lowest BCUT2D eigenvalue weighted by Gasteiger charge is -2.59. The number of halogens is 1. The average Bonchev–Trinajstić information content (AvgIpc) is 3.53. The molecule has 9 atom stereocenters. The van der Waals surface area contributed by atoms with Crippen LogP contribution >= 0.6 is 0 Å². The van der Waals surface area contributed by atoms with Crippen LogP contribution in [0.1, 0.15) is 72.9 Å². The molecule has 1 heterocycles. The van der Waals surface area contributed by atoms with Gasteiger partial charge in [0.05, 0.1) is 23.3 Å². The van der Waals surface area contributed by atoms with Gasteiger partial charge in [0.1, 0.15) is 13.2 Å². The maximum atomic E-state index is 16.2. The van der Waals surface area contributed by atoms with E-state index in [-0.39, 0.29) is 53.4 Å². The summed E-state index contributed by atoms with van der Waals surface area (Å²) in [6, 6.07) is 9.33. The van der Waals surface area contributed by atoms with Gasteiger partial charge in [0, 0.05) is 16.7 Å². The molecule has 4 fully saturated rings. The number of hydrogen-bond donors (Lipinski definition) is 3. The van der Waals surface area contributed by atoms with Crippen LogP contribution in [-0.2, 0) is 25.7 Å². The Hall–Kier alpha value is -3.70. The summed E-state index contributed by atoms with van der Waals surface area (Å²) in [7, 11) is 0. The number of aryl methyl sites for hydroxylation is 1. The Morgan fingerprint density at radius 3 is 2.70 bits per heavy atom. The van der Waals surface area contributed by atoms with Crippen molar-refractivity contribution in [3.05, 3.63) is 88.3 Å². The number of benzene rings is 2. The molecule has 2 aromatic carbocycles. The molecule has 9 nitrogen and oxygen atoms in total. The number of carbonyl (C=O) groups excluding carboxylic acids is 2. The zero-order valence-electron chi connectivity index (χ0n) is 26.6. The zero-order valence-corrected chi connectivity index (χ0v) is 26.6. The standard InChI is InChI=1S/C37H39FO9/c1-19-7-10-27(45-18-20-5-4-6-21(13-20)33(43)44)32(38)30(19)34-46-29-15-25-24-9-8-22-14-23(40)11-12-35(22,2)31(24)26(41)16-36(25,3)37(29,47-34)28(42)17-39/h4-7,10-14,24-26,29,31,34,39,41H,8-9,15-18H2,1-3H3,(H,43,44)/t24-,25?,26-,29+,31?,34-,35-,36-,37+/m0/s1. The predicted octanol–water partition coefficient (Wildman–Crippen LogP) is 5.01. The van der Waals surface area contributed by atoms with Crippen LogP contribution in [0.25, 0.3) is 0 Å². The molecule has 0 amide bonds. The van der Waals surface area contributed by atoms with Gasteiger partial charge in [-0.05, 0) is 85.9 Å². The number of aromatic carboxylic acids is 1. The normalized spacial score (nSPS) is 37.0. The lowest BCUT2D eigenvalue weighted by Crippen LogP contribution is -2.63. The topological polar surface area (TPSA) is 140 Å². The molecular formula is C37H39FO9. The first-order chi connectivity index (χ1) is 22.3. The van der Waals surface area contributed by atoms with Gasteiger partial charge in [-0.25, -0.2) is 9.18 Å². The number of aliphatic hydroxyl groups is 2. The summed E-state index contributed by atoms with van der Waals surface area (Å²) in [6.45, 7) is 4.83. The van der Waals surface area contributed by atoms with Crippen LogP contribution in [0.3, 0.4) is 0 Å². The van der Waals surface area contributed by atoms with E-state index in [0.717, 1.165) is 12.0 Å². The summed E-state index contributed by atoms with van der Waals surface area (Å²) in [5, 5.41) is 31.4. The second kappa shape index (κ2) is 11.2. The Morgan fingerprint density at radius 1 is 1.17 bits per heavy atom. The molecular weight excluding hydrogens is 607 g/mol. The molecule has 1 aliphatic heterocycles. The third kappa shape index (κ3) is 4.59. The maximum absolute atomic E-state index is 16.2. The number of Topliss-reactive ketones (excluding diaryl/α,β-unsaturated/α-hetero) is 1. The number of carboxylic acid groups (broad SMARTS) is 1. The van der Waals surface area contributed by atoms with E-state index in [0.29, 0.717) is 24.0 Å². The van der Waals surface area contributed by atoms with Gasteiger partial charge in [0.15, 0.2) is 35.0 Å². The van der Waals surface area contributed by atoms with E-state index in [1.807, 2.05) is 13.0 Å². The predicted molar refractivity (Wildman–Crippen MR) is 166 cm³/mol. The van der Waals surface area contributed by atoms with Gasteiger partial charge >= 0.3 is 5.97 Å². The molecule has 2 aromatic rings. The monoisotopic (exact) mass is 646 g/mol. The van der Waals surface area contributed by atoms with Gasteiger partial charge in [-0.3, -0.25) is 9.59 Å². The third-order valence-electron chi connectivity index (χ3n) is 12.0. The molecule has 0 radical (unpaired) electrons. The Labute approximate surface area is 272 Å². The lowest BCUT2D eigenvalue weighted by molar-refractivity contribution is -0.201. The number of rotatable bonds is 7. The summed E-state index contributed by atoms with van der Waals surface area (Å²) >= 11 is 0. The summed E-state index contributed by atoms with van der Waals surface area (Å²) in [5.41, 5.74) is -0.797. The van der Waals surface area contributed by atoms with E-state index in [1.54, 1.807) is 37.3 Å². The minimum Gasteiger partial charge on any atom is -0.486 e. The van der Waals surface area contributed by atoms with Crippen molar-refractivity contribution in [3.63, 3.8) is 0 Å². The van der Waals surface area contributed by atoms with Crippen molar-refractivity contribution in [3.8, 4) is 5.75 Å². The van der Waals surface area contributed by atoms with Crippen molar-refractivity contribution in [1.29, 1.82) is 0 Å². The average molecular weight is 647 g/mol. The van der Waals surface area contributed by atoms with Gasteiger partial charge in [-0.15, -0.1) is 0 Å². The fraction of sp³-hybridized carbons (Fsp3) is 0.486. The zero-order chi connectivity index (χ0) is 33.5. The third-order valence-corrected chi connectivity index (χ3v) is 12.0. The molecule has 2 unspecified atom stereocenters. The van der Waals surface area contributed by atoms with E-state index >= 15 is 4.39 Å². The van der Waals surface area contributed by atoms with Crippen LogP contribution in [0.2, 0.25) is 0 Å². The molecule has 4 aliphatic carbocycles. The number of hydrogen-bond acceptors (Lipinski definition) is 8. The summed E-state index contributed by atoms with van der Waals surface area (Å²) in [6.07, 6.45) is 4.37. The number of fused-ring (bicyclic) bond motifs is 7. The van der Waals surface area contributed by atoms with Crippen LogP contribution in [-0.4, -0.2) is 57.3 Å². The number of ketones is 2. The highest BCUT2D eigenvalue weighted by atomic mass is 19.1. The van der Waals surface area contributed by atoms with E-state index in [9.17, 15) is 29.7 Å². The highest BCUT2D eigenvalue weighted by Crippen LogP contribution is 2.70. The highest BCUT2D eigenvalue weighted by Gasteiger charge is 2.76. The summed E-state index contributed by atoms with van der Waals surface area (Å²) in [5.74, 6) is -2.77. The van der Waals surface area contributed by atoms with E-state index in [4.69, 9.17) is 14.2 Å². The smallest absolute Gasteiger partial charge is 0.335 e. The molecule has 47 heavy (non-hydrogen) atoms. The fourth-order valence-corrected chi connectivity index (χ4v) is 9.84. The van der Waals surface area contributed by atoms with Crippen LogP contribution in [0, 0.1) is 41.3 Å². The second-order valence-electron chi connectivity index (χ2n) is 14.2. The van der Waals surface area contributed by atoms with Gasteiger partial charge in [-0.1, -0.05) is 43.7 Å². The molecule has 3 N–H and O–H groups in total. The van der Waals surface area contributed by atoms with Crippen molar-refractivity contribution in [2.75, 3.05) is 6.61 Å². The van der Waals surface area contributed by atoms with Crippen molar-refractivity contribution in [2.45, 2.75) is 77.2 Å². The largest absolute Gasteiger partial charge is 0.486 e. The Morgan fingerprint density at radius 2 is 1.96 bits per heavy atom. The first kappa shape index (κ1) is 31.9. The van der Waals surface area contributed by atoms with E-state index in [1.165, 1.54) is 18.2 Å². The van der Waals surface area contributed by atoms with Crippen molar-refractivity contribution in [2.24, 2.45) is 28.6 Å². The molecule has 10 heteroatoms. The van der Waals surface area contributed by atoms with Crippen molar-refractivity contribution >= 4 is 17.5 Å². The van der Waals surface area contributed by atoms with E-state index < -0.39 is 59.1 Å². The van der Waals surface area contributed by atoms with Gasteiger partial charge in [0.25, 0.3) is 0 Å². The Bertz CT molecular complexity index is 1730. The quantitative estimate of drug-likeness (QED) is 0.379. The van der Waals surface area contributed by atoms with Gasteiger partial charge in [-0.2, -0.15) is 0 Å². The number of allylic oxidation sites excluding steroid dienone is 4. The van der Waals surface area contributed by atoms with Crippen LogP contribution in [0.15, 0.2) is 60.2 Å². The van der Waals surface area contributed by atoms with Crippen LogP contribution in [0.5, 0.6) is 5.75 Å². The molecule has 1 saturated heterocycles. The fourth-order valence-electron chi connectivity index (χ4n) is 9.84. The molecule has 0 spiro atoms. The van der Waals surface area contributed by atoms with Crippen LogP contribution < -0.4 is 4.74 Å². The van der Waals surface area contributed by atoms with E-state index in [2.05, 4.69) is 6.92 Å². The summed E-state index contributed by atoms with van der Waals surface area (Å²) in [4.78, 5) is 37.4. The first-order valence-corrected chi connectivity index (χ1v) is 16.2. The minimum absolute atomic E-state index is 0.00167. The number of carboxylic acids is 1. The van der Waals surface area contributed by atoms with Gasteiger partial charge < -0.3 is 29.5 Å². The Balaban J connectivity index is 1.20. The number of aliphatic hydroxyl groups excluding tert-OH is 2. The SMILES string of the molecule is Cc1ccc(OCc2cccc(C(=O)O)c2)c(F)c1[C@H]1O[C@@H]2CC3[C@@H]4CCC5=CC(=O)C=C[C@]5(C)C4[C@@H](O)C[C@]3(C)[C@]2(C(=O)CO)O1. The first-order valence-electron chi connectivity index (χ1n) is 16.2. The van der Waals surface area contributed by atoms with Gasteiger partial charge in [0.2, 0.25) is 0 Å². The molecule has 248 valence electrons. The summed E-state index contributed by atoms with van der Waals surface area (Å²) < 4.78 is 35.1. The number of ether oxygens (including phenoxy) is 3. The molecule has 5 aliphatic rings. The second-order valence-corrected chi connectivity index (χ2v) is 14.2. The molecule has 3 saturated carbocycles. The lowest BCUT2D eigenvalue weighted by atomic mass is 9.46.